The van der Waals surface area contributed by atoms with Crippen molar-refractivity contribution < 1.29 is 18.0 Å². The molecule has 0 fully saturated rings. The Morgan fingerprint density at radius 2 is 1.93 bits per heavy atom. The molecule has 1 aromatic heterocycles. The maximum absolute atomic E-state index is 12.7. The molecule has 0 spiro atoms. The smallest absolute Gasteiger partial charge is 0.322 e. The van der Waals surface area contributed by atoms with E-state index in [0.29, 0.717) is 10.1 Å². The van der Waals surface area contributed by atoms with Crippen LogP contribution in [0, 0.1) is 11.3 Å². The van der Waals surface area contributed by atoms with Crippen molar-refractivity contribution in [3.63, 3.8) is 0 Å². The van der Waals surface area contributed by atoms with Gasteiger partial charge < -0.3 is 5.32 Å². The summed E-state index contributed by atoms with van der Waals surface area (Å²) >= 11 is 1.12. The second kappa shape index (κ2) is 7.69. The average Bonchev–Trinajstić information content (AvgIpc) is 3.06. The monoisotopic (exact) mass is 404 g/mol. The molecule has 3 aromatic rings. The van der Waals surface area contributed by atoms with Crippen LogP contribution in [-0.4, -0.2) is 26.1 Å². The summed E-state index contributed by atoms with van der Waals surface area (Å²) in [6.45, 7) is 0. The summed E-state index contributed by atoms with van der Waals surface area (Å²) in [5, 5.41) is 23.1. The van der Waals surface area contributed by atoms with Gasteiger partial charge in [-0.1, -0.05) is 0 Å². The molecule has 0 aliphatic rings. The van der Waals surface area contributed by atoms with Gasteiger partial charge >= 0.3 is 6.18 Å². The number of hydrogen-bond acceptors (Lipinski definition) is 6. The number of nitriles is 1. The fraction of sp³-hybridized carbons (Fsp3) is 0.118. The van der Waals surface area contributed by atoms with E-state index in [1.165, 1.54) is 10.7 Å². The largest absolute Gasteiger partial charge is 0.416 e. The molecule has 0 atom stereocenters. The summed E-state index contributed by atoms with van der Waals surface area (Å²) in [4.78, 5) is 13.2. The number of rotatable bonds is 4. The molecule has 0 unspecified atom stereocenters. The molecular formula is C17H11F3N6OS. The van der Waals surface area contributed by atoms with Crippen LogP contribution in [0.4, 0.5) is 18.9 Å². The van der Waals surface area contributed by atoms with Crippen LogP contribution in [0.15, 0.2) is 52.5 Å². The lowest BCUT2D eigenvalue weighted by Crippen LogP contribution is -2.14. The van der Waals surface area contributed by atoms with Gasteiger partial charge in [0.05, 0.1) is 22.8 Å². The number of benzene rings is 2. The summed E-state index contributed by atoms with van der Waals surface area (Å²) < 4.78 is 39.4. The number of alkyl halides is 3. The fourth-order valence-electron chi connectivity index (χ4n) is 2.21. The first-order valence-corrected chi connectivity index (χ1v) is 8.52. The van der Waals surface area contributed by atoms with Crippen molar-refractivity contribution in [1.29, 1.82) is 5.26 Å². The van der Waals surface area contributed by atoms with E-state index in [2.05, 4.69) is 20.8 Å². The number of aryl methyl sites for hydroxylation is 1. The van der Waals surface area contributed by atoms with Gasteiger partial charge in [-0.15, -0.1) is 5.10 Å². The Balaban J connectivity index is 1.87. The zero-order chi connectivity index (χ0) is 20.3. The number of nitrogens with one attached hydrogen (secondary N) is 1. The lowest BCUT2D eigenvalue weighted by Gasteiger charge is -2.11. The van der Waals surface area contributed by atoms with Crippen molar-refractivity contribution in [2.45, 2.75) is 16.2 Å². The highest BCUT2D eigenvalue weighted by Gasteiger charge is 2.30. The molecule has 1 amide bonds. The molecule has 2 aromatic carbocycles. The standard InChI is InChI=1S/C17H11F3N6OS/c1-26-16(23-24-25-26)28-14-7-2-10(9-21)8-13(14)15(27)22-12-5-3-11(4-6-12)17(18,19)20/h2-8H,1H3,(H,22,27). The van der Waals surface area contributed by atoms with E-state index >= 15 is 0 Å². The van der Waals surface area contributed by atoms with Crippen molar-refractivity contribution in [2.75, 3.05) is 5.32 Å². The highest BCUT2D eigenvalue weighted by Crippen LogP contribution is 2.31. The third-order valence-electron chi connectivity index (χ3n) is 3.61. The number of anilines is 1. The van der Waals surface area contributed by atoms with Crippen LogP contribution in [-0.2, 0) is 13.2 Å². The summed E-state index contributed by atoms with van der Waals surface area (Å²) in [5.41, 5.74) is -0.190. The Hall–Kier alpha value is -3.39. The Morgan fingerprint density at radius 1 is 1.21 bits per heavy atom. The summed E-state index contributed by atoms with van der Waals surface area (Å²) in [6.07, 6.45) is -4.46. The number of carbonyl (C=O) groups is 1. The number of hydrogen-bond donors (Lipinski definition) is 1. The zero-order valence-corrected chi connectivity index (χ0v) is 15.0. The quantitative estimate of drug-likeness (QED) is 0.715. The van der Waals surface area contributed by atoms with Gasteiger partial charge in [-0.2, -0.15) is 18.4 Å². The molecule has 0 aliphatic carbocycles. The minimum absolute atomic E-state index is 0.173. The van der Waals surface area contributed by atoms with Crippen LogP contribution in [0.2, 0.25) is 0 Å². The predicted octanol–water partition coefficient (Wildman–Crippen LogP) is 3.50. The Kier molecular flexibility index (Phi) is 5.32. The van der Waals surface area contributed by atoms with Crippen LogP contribution in [0.5, 0.6) is 0 Å². The zero-order valence-electron chi connectivity index (χ0n) is 14.2. The Morgan fingerprint density at radius 3 is 2.50 bits per heavy atom. The minimum atomic E-state index is -4.46. The van der Waals surface area contributed by atoms with E-state index in [-0.39, 0.29) is 16.8 Å². The van der Waals surface area contributed by atoms with Crippen LogP contribution in [0.1, 0.15) is 21.5 Å². The average molecular weight is 404 g/mol. The van der Waals surface area contributed by atoms with Gasteiger partial charge in [-0.25, -0.2) is 4.68 Å². The molecule has 0 saturated carbocycles. The van der Waals surface area contributed by atoms with Gasteiger partial charge in [0, 0.05) is 17.6 Å². The minimum Gasteiger partial charge on any atom is -0.322 e. The third-order valence-corrected chi connectivity index (χ3v) is 4.71. The SMILES string of the molecule is Cn1nnnc1Sc1ccc(C#N)cc1C(=O)Nc1ccc(C(F)(F)F)cc1. The van der Waals surface area contributed by atoms with E-state index in [4.69, 9.17) is 5.26 Å². The van der Waals surface area contributed by atoms with Gasteiger partial charge in [-0.3, -0.25) is 4.79 Å². The van der Waals surface area contributed by atoms with E-state index < -0.39 is 17.6 Å². The molecule has 0 aliphatic heterocycles. The van der Waals surface area contributed by atoms with Crippen molar-refractivity contribution in [1.82, 2.24) is 20.2 Å². The third kappa shape index (κ3) is 4.29. The van der Waals surface area contributed by atoms with Crippen molar-refractivity contribution in [3.05, 3.63) is 59.2 Å². The first-order valence-electron chi connectivity index (χ1n) is 7.71. The number of amides is 1. The first kappa shape index (κ1) is 19.4. The van der Waals surface area contributed by atoms with Crippen LogP contribution >= 0.6 is 11.8 Å². The Labute approximate surface area is 161 Å². The van der Waals surface area contributed by atoms with Gasteiger partial charge in [0.2, 0.25) is 5.16 Å². The molecule has 28 heavy (non-hydrogen) atoms. The second-order valence-corrected chi connectivity index (χ2v) is 6.55. The number of carbonyl (C=O) groups excluding carboxylic acids is 1. The van der Waals surface area contributed by atoms with Crippen LogP contribution in [0.25, 0.3) is 0 Å². The molecule has 11 heteroatoms. The summed E-state index contributed by atoms with van der Waals surface area (Å²) in [7, 11) is 1.63. The van der Waals surface area contributed by atoms with Gasteiger partial charge in [0.15, 0.2) is 0 Å². The lowest BCUT2D eigenvalue weighted by atomic mass is 10.1. The highest BCUT2D eigenvalue weighted by molar-refractivity contribution is 7.99. The number of aromatic nitrogens is 4. The molecule has 1 heterocycles. The molecule has 3 rings (SSSR count). The first-order chi connectivity index (χ1) is 13.3. The number of tetrazole rings is 1. The van der Waals surface area contributed by atoms with Gasteiger partial charge in [0.25, 0.3) is 5.91 Å². The lowest BCUT2D eigenvalue weighted by molar-refractivity contribution is -0.137. The highest BCUT2D eigenvalue weighted by atomic mass is 32.2. The number of halogens is 3. The molecule has 0 bridgehead atoms. The normalized spacial score (nSPS) is 11.1. The maximum atomic E-state index is 12.7. The van der Waals surface area contributed by atoms with Crippen LogP contribution < -0.4 is 5.32 Å². The fourth-order valence-corrected chi connectivity index (χ4v) is 3.05. The van der Waals surface area contributed by atoms with Crippen molar-refractivity contribution in [3.8, 4) is 6.07 Å². The van der Waals surface area contributed by atoms with Gasteiger partial charge in [0.1, 0.15) is 0 Å². The van der Waals surface area contributed by atoms with E-state index in [9.17, 15) is 18.0 Å². The molecule has 0 radical (unpaired) electrons. The van der Waals surface area contributed by atoms with E-state index in [1.807, 2.05) is 6.07 Å². The molecule has 0 saturated heterocycles. The topological polar surface area (TPSA) is 96.5 Å². The molecule has 142 valence electrons. The molecule has 1 N–H and O–H groups in total. The van der Waals surface area contributed by atoms with Gasteiger partial charge in [-0.05, 0) is 64.7 Å². The molecule has 7 nitrogen and oxygen atoms in total. The summed E-state index contributed by atoms with van der Waals surface area (Å²) in [5.74, 6) is -0.575. The Bertz CT molecular complexity index is 1060. The predicted molar refractivity (Wildman–Crippen MR) is 93.5 cm³/mol. The maximum Gasteiger partial charge on any atom is 0.416 e. The van der Waals surface area contributed by atoms with Crippen molar-refractivity contribution >= 4 is 23.4 Å². The summed E-state index contributed by atoms with van der Waals surface area (Å²) in [6, 6.07) is 10.5. The second-order valence-electron chi connectivity index (χ2n) is 5.54. The van der Waals surface area contributed by atoms with E-state index in [1.54, 1.807) is 19.2 Å². The number of nitrogens with zero attached hydrogens (tertiary/aromatic N) is 5. The van der Waals surface area contributed by atoms with Crippen molar-refractivity contribution in [2.24, 2.45) is 7.05 Å². The molecular weight excluding hydrogens is 393 g/mol. The van der Waals surface area contributed by atoms with E-state index in [0.717, 1.165) is 36.0 Å². The van der Waals surface area contributed by atoms with Crippen LogP contribution in [0.3, 0.4) is 0 Å².